The lowest BCUT2D eigenvalue weighted by molar-refractivity contribution is 0.101. The molecule has 0 saturated heterocycles. The number of hydrogen-bond donors (Lipinski definition) is 4. The first-order valence-electron chi connectivity index (χ1n) is 9.90. The monoisotopic (exact) mass is 504 g/mol. The number of carbonyl (C=O) groups is 1. The molecule has 0 aliphatic heterocycles. The molecule has 0 amide bonds. The summed E-state index contributed by atoms with van der Waals surface area (Å²) in [6, 6.07) is 1.31. The fraction of sp³-hybridized carbons (Fsp3) is 0.526. The molecule has 4 atom stereocenters. The van der Waals surface area contributed by atoms with Crippen molar-refractivity contribution >= 4 is 44.8 Å². The molecule has 0 unspecified atom stereocenters. The standard InChI is InChI=1S/C19H25ClN4O6S2/c1-9(2)16(26)12-5-15(31-18(12)20)17(27)13-6-22-8-23-19(13)24-11-3-10(14(25)4-11)7-30-32(21,28)29/h5-6,8-11,14,16,25-26H,3-4,7H2,1-2H3,(H2,21,28,29)(H,22,23,24)/t10-,11-,14+,16-/m1/s1. The number of nitrogens with two attached hydrogens (primary N) is 1. The van der Waals surface area contributed by atoms with Crippen molar-refractivity contribution < 1.29 is 27.6 Å². The highest BCUT2D eigenvalue weighted by Crippen LogP contribution is 2.37. The molecule has 10 nitrogen and oxygen atoms in total. The van der Waals surface area contributed by atoms with Gasteiger partial charge in [0, 0.05) is 23.7 Å². The van der Waals surface area contributed by atoms with E-state index < -0.39 is 28.4 Å². The normalized spacial score (nSPS) is 22.3. The third-order valence-electron chi connectivity index (χ3n) is 5.29. The molecular weight excluding hydrogens is 480 g/mol. The molecule has 2 heterocycles. The number of aliphatic hydroxyl groups is 2. The largest absolute Gasteiger partial charge is 0.393 e. The van der Waals surface area contributed by atoms with Gasteiger partial charge in [0.15, 0.2) is 0 Å². The van der Waals surface area contributed by atoms with Crippen molar-refractivity contribution in [3.8, 4) is 0 Å². The predicted octanol–water partition coefficient (Wildman–Crippen LogP) is 1.88. The van der Waals surface area contributed by atoms with E-state index in [1.54, 1.807) is 6.07 Å². The Labute approximate surface area is 195 Å². The minimum Gasteiger partial charge on any atom is -0.393 e. The topological polar surface area (TPSA) is 165 Å². The Balaban J connectivity index is 1.76. The average Bonchev–Trinajstić information content (AvgIpc) is 3.27. The van der Waals surface area contributed by atoms with Gasteiger partial charge in [-0.3, -0.25) is 8.98 Å². The van der Waals surface area contributed by atoms with E-state index in [2.05, 4.69) is 19.5 Å². The van der Waals surface area contributed by atoms with Crippen LogP contribution in [0.5, 0.6) is 0 Å². The van der Waals surface area contributed by atoms with Crippen molar-refractivity contribution in [1.29, 1.82) is 0 Å². The third-order valence-corrected chi connectivity index (χ3v) is 7.14. The first-order chi connectivity index (χ1) is 15.0. The summed E-state index contributed by atoms with van der Waals surface area (Å²) in [6.45, 7) is 3.47. The molecule has 1 saturated carbocycles. The van der Waals surface area contributed by atoms with E-state index >= 15 is 0 Å². The average molecular weight is 505 g/mol. The van der Waals surface area contributed by atoms with Crippen LogP contribution in [0.3, 0.4) is 0 Å². The Kier molecular flexibility index (Phi) is 7.86. The maximum absolute atomic E-state index is 13.1. The van der Waals surface area contributed by atoms with Gasteiger partial charge >= 0.3 is 10.3 Å². The Morgan fingerprint density at radius 1 is 1.44 bits per heavy atom. The second-order valence-corrected chi connectivity index (χ2v) is 10.9. The minimum atomic E-state index is -4.10. The molecule has 3 rings (SSSR count). The smallest absolute Gasteiger partial charge is 0.333 e. The number of halogens is 1. The second-order valence-electron chi connectivity index (χ2n) is 8.06. The van der Waals surface area contributed by atoms with Gasteiger partial charge in [-0.25, -0.2) is 15.1 Å². The maximum atomic E-state index is 13.1. The Hall–Kier alpha value is -1.67. The summed E-state index contributed by atoms with van der Waals surface area (Å²) < 4.78 is 27.0. The molecule has 0 aromatic carbocycles. The summed E-state index contributed by atoms with van der Waals surface area (Å²) in [5.41, 5.74) is 0.715. The molecule has 5 N–H and O–H groups in total. The van der Waals surface area contributed by atoms with E-state index in [4.69, 9.17) is 16.7 Å². The van der Waals surface area contributed by atoms with E-state index in [0.29, 0.717) is 27.6 Å². The molecular formula is C19H25ClN4O6S2. The molecule has 32 heavy (non-hydrogen) atoms. The van der Waals surface area contributed by atoms with Gasteiger partial charge in [-0.2, -0.15) is 8.42 Å². The van der Waals surface area contributed by atoms with Crippen LogP contribution in [0.15, 0.2) is 18.6 Å². The van der Waals surface area contributed by atoms with E-state index in [9.17, 15) is 23.4 Å². The predicted molar refractivity (Wildman–Crippen MR) is 120 cm³/mol. The zero-order valence-corrected chi connectivity index (χ0v) is 19.8. The van der Waals surface area contributed by atoms with Crippen molar-refractivity contribution in [3.05, 3.63) is 38.9 Å². The third kappa shape index (κ3) is 6.01. The van der Waals surface area contributed by atoms with Crippen molar-refractivity contribution in [3.63, 3.8) is 0 Å². The van der Waals surface area contributed by atoms with Crippen molar-refractivity contribution in [2.24, 2.45) is 17.0 Å². The molecule has 0 radical (unpaired) electrons. The highest BCUT2D eigenvalue weighted by molar-refractivity contribution is 7.84. The number of anilines is 1. The summed E-state index contributed by atoms with van der Waals surface area (Å²) in [7, 11) is -4.10. The lowest BCUT2D eigenvalue weighted by Crippen LogP contribution is -2.24. The van der Waals surface area contributed by atoms with Gasteiger partial charge in [-0.15, -0.1) is 11.3 Å². The van der Waals surface area contributed by atoms with Crippen LogP contribution < -0.4 is 10.5 Å². The van der Waals surface area contributed by atoms with Crippen molar-refractivity contribution in [2.75, 3.05) is 11.9 Å². The van der Waals surface area contributed by atoms with Crippen LogP contribution >= 0.6 is 22.9 Å². The van der Waals surface area contributed by atoms with Gasteiger partial charge in [0.05, 0.1) is 33.6 Å². The number of thiophene rings is 1. The van der Waals surface area contributed by atoms with Crippen LogP contribution in [0, 0.1) is 11.8 Å². The number of carbonyl (C=O) groups excluding carboxylic acids is 1. The summed E-state index contributed by atoms with van der Waals surface area (Å²) >= 11 is 7.33. The van der Waals surface area contributed by atoms with Gasteiger partial charge in [0.2, 0.25) is 5.78 Å². The van der Waals surface area contributed by atoms with Gasteiger partial charge in [-0.1, -0.05) is 25.4 Å². The lowest BCUT2D eigenvalue weighted by Gasteiger charge is -2.15. The first kappa shape index (κ1) is 25.0. The van der Waals surface area contributed by atoms with E-state index in [-0.39, 0.29) is 35.7 Å². The summed E-state index contributed by atoms with van der Waals surface area (Å²) in [6.07, 6.45) is 1.79. The zero-order valence-electron chi connectivity index (χ0n) is 17.4. The molecule has 1 aliphatic rings. The highest BCUT2D eigenvalue weighted by atomic mass is 35.5. The zero-order chi connectivity index (χ0) is 23.6. The number of rotatable bonds is 9. The Bertz CT molecular complexity index is 1080. The first-order valence-corrected chi connectivity index (χ1v) is 12.6. The van der Waals surface area contributed by atoms with E-state index in [1.165, 1.54) is 12.5 Å². The molecule has 0 spiro atoms. The van der Waals surface area contributed by atoms with Crippen LogP contribution in [-0.4, -0.2) is 53.1 Å². The Morgan fingerprint density at radius 2 is 2.16 bits per heavy atom. The van der Waals surface area contributed by atoms with Crippen molar-refractivity contribution in [1.82, 2.24) is 9.97 Å². The number of aromatic nitrogens is 2. The SMILES string of the molecule is CC(C)[C@@H](O)c1cc(C(=O)c2cncnc2N[C@@H]2C[C@H](COS(N)(=O)=O)[C@@H](O)C2)sc1Cl. The van der Waals surface area contributed by atoms with Crippen LogP contribution in [0.25, 0.3) is 0 Å². The van der Waals surface area contributed by atoms with Crippen LogP contribution in [0.2, 0.25) is 4.34 Å². The Morgan fingerprint density at radius 3 is 2.81 bits per heavy atom. The van der Waals surface area contributed by atoms with Crippen LogP contribution in [-0.2, 0) is 14.5 Å². The van der Waals surface area contributed by atoms with Gasteiger partial charge in [-0.05, 0) is 24.8 Å². The van der Waals surface area contributed by atoms with E-state index in [0.717, 1.165) is 11.3 Å². The molecule has 0 bridgehead atoms. The number of hydrogen-bond acceptors (Lipinski definition) is 10. The fourth-order valence-electron chi connectivity index (χ4n) is 3.57. The summed E-state index contributed by atoms with van der Waals surface area (Å²) in [5.74, 6) is -0.578. The summed E-state index contributed by atoms with van der Waals surface area (Å²) in [4.78, 5) is 21.6. The number of nitrogens with one attached hydrogen (secondary N) is 1. The highest BCUT2D eigenvalue weighted by Gasteiger charge is 2.35. The number of aliphatic hydroxyl groups excluding tert-OH is 2. The fourth-order valence-corrected chi connectivity index (χ4v) is 5.23. The maximum Gasteiger partial charge on any atom is 0.333 e. The number of ketones is 1. The lowest BCUT2D eigenvalue weighted by atomic mass is 10.0. The minimum absolute atomic E-state index is 0.0673. The molecule has 2 aromatic rings. The number of nitrogens with zero attached hydrogens (tertiary/aromatic N) is 2. The van der Waals surface area contributed by atoms with Gasteiger partial charge < -0.3 is 15.5 Å². The van der Waals surface area contributed by atoms with E-state index in [1.807, 2.05) is 13.8 Å². The molecule has 176 valence electrons. The van der Waals surface area contributed by atoms with Crippen LogP contribution in [0.1, 0.15) is 53.6 Å². The molecule has 1 fully saturated rings. The van der Waals surface area contributed by atoms with Crippen LogP contribution in [0.4, 0.5) is 5.82 Å². The van der Waals surface area contributed by atoms with Crippen molar-refractivity contribution in [2.45, 2.75) is 44.9 Å². The summed E-state index contributed by atoms with van der Waals surface area (Å²) in [5, 5.41) is 28.5. The van der Waals surface area contributed by atoms with Gasteiger partial charge in [0.1, 0.15) is 12.1 Å². The molecule has 13 heteroatoms. The molecule has 1 aliphatic carbocycles. The quantitative estimate of drug-likeness (QED) is 0.373. The molecule has 2 aromatic heterocycles. The van der Waals surface area contributed by atoms with Gasteiger partial charge in [0.25, 0.3) is 0 Å². The second kappa shape index (κ2) is 10.1.